The van der Waals surface area contributed by atoms with Gasteiger partial charge in [-0.3, -0.25) is 4.79 Å². The molecular weight excluding hydrogens is 376 g/mol. The largest absolute Gasteiger partial charge is 0.352 e. The highest BCUT2D eigenvalue weighted by atomic mass is 35.5. The molecule has 1 saturated heterocycles. The van der Waals surface area contributed by atoms with Gasteiger partial charge in [-0.2, -0.15) is 0 Å². The molecule has 3 rings (SSSR count). The lowest BCUT2D eigenvalue weighted by molar-refractivity contribution is -0.138. The summed E-state index contributed by atoms with van der Waals surface area (Å²) >= 11 is 5.81. The molecular formula is C19H24ClF2N3O2. The highest BCUT2D eigenvalue weighted by Crippen LogP contribution is 2.56. The van der Waals surface area contributed by atoms with E-state index in [-0.39, 0.29) is 30.0 Å². The summed E-state index contributed by atoms with van der Waals surface area (Å²) in [5, 5.41) is 2.15. The van der Waals surface area contributed by atoms with E-state index in [9.17, 15) is 18.4 Å². The van der Waals surface area contributed by atoms with Crippen molar-refractivity contribution in [2.75, 3.05) is 13.1 Å². The maximum Gasteiger partial charge on any atom is 0.315 e. The minimum absolute atomic E-state index is 0.0439. The molecule has 8 heteroatoms. The molecule has 2 aliphatic rings. The number of nitrogens with zero attached hydrogens (tertiary/aromatic N) is 1. The molecule has 0 bridgehead atoms. The number of nitrogens with one attached hydrogen (secondary N) is 1. The lowest BCUT2D eigenvalue weighted by Gasteiger charge is -2.55. The number of primary amides is 1. The van der Waals surface area contributed by atoms with E-state index in [4.69, 9.17) is 17.3 Å². The van der Waals surface area contributed by atoms with Crippen molar-refractivity contribution in [3.05, 3.63) is 34.4 Å². The van der Waals surface area contributed by atoms with Crippen LogP contribution in [0.25, 0.3) is 0 Å². The topological polar surface area (TPSA) is 75.4 Å². The third-order valence-corrected chi connectivity index (χ3v) is 6.36. The van der Waals surface area contributed by atoms with Gasteiger partial charge in [0.05, 0.1) is 0 Å². The van der Waals surface area contributed by atoms with Gasteiger partial charge in [0, 0.05) is 19.0 Å². The number of amides is 3. The summed E-state index contributed by atoms with van der Waals surface area (Å²) in [6.45, 7) is 6.26. The molecule has 3 amide bonds. The normalized spacial score (nSPS) is 26.3. The first-order chi connectivity index (χ1) is 12.5. The second kappa shape index (κ2) is 6.62. The van der Waals surface area contributed by atoms with E-state index in [2.05, 4.69) is 19.2 Å². The zero-order valence-corrected chi connectivity index (χ0v) is 16.4. The van der Waals surface area contributed by atoms with Gasteiger partial charge in [-0.25, -0.2) is 13.6 Å². The standard InChI is InChI=1S/C19H24ClF2N3O2/c1-18(2)8-10(9-18)13(11-4-5-12(21)14(20)15(11)22)19(3)16(26)24-6-7-25(19)17(23)27/h4-5,10,13H,6-9H2,1-3H3,(H2,23,27)(H,24,26)/t13-,19?/m1/s1. The Labute approximate surface area is 162 Å². The second-order valence-electron chi connectivity index (χ2n) is 8.47. The molecule has 1 heterocycles. The van der Waals surface area contributed by atoms with Crippen LogP contribution in [0.2, 0.25) is 5.02 Å². The highest BCUT2D eigenvalue weighted by Gasteiger charge is 2.57. The van der Waals surface area contributed by atoms with Crippen LogP contribution in [0, 0.1) is 23.0 Å². The number of benzene rings is 1. The monoisotopic (exact) mass is 399 g/mol. The molecule has 2 fully saturated rings. The third-order valence-electron chi connectivity index (χ3n) is 6.01. The van der Waals surface area contributed by atoms with Crippen LogP contribution in [0.5, 0.6) is 0 Å². The summed E-state index contributed by atoms with van der Waals surface area (Å²) in [6, 6.07) is 1.67. The Balaban J connectivity index is 2.17. The van der Waals surface area contributed by atoms with Crippen LogP contribution in [-0.4, -0.2) is 35.5 Å². The number of piperazine rings is 1. The van der Waals surface area contributed by atoms with Crippen LogP contribution in [0.3, 0.4) is 0 Å². The molecule has 27 heavy (non-hydrogen) atoms. The lowest BCUT2D eigenvalue weighted by Crippen LogP contribution is -2.69. The summed E-state index contributed by atoms with van der Waals surface area (Å²) in [5.41, 5.74) is 4.33. The average molecular weight is 400 g/mol. The summed E-state index contributed by atoms with van der Waals surface area (Å²) in [5.74, 6) is -2.93. The van der Waals surface area contributed by atoms with Crippen LogP contribution >= 0.6 is 11.6 Å². The van der Waals surface area contributed by atoms with Crippen LogP contribution in [0.15, 0.2) is 12.1 Å². The third kappa shape index (κ3) is 3.16. The predicted molar refractivity (Wildman–Crippen MR) is 98.3 cm³/mol. The van der Waals surface area contributed by atoms with Crippen LogP contribution in [0.4, 0.5) is 13.6 Å². The lowest BCUT2D eigenvalue weighted by atomic mass is 9.55. The smallest absolute Gasteiger partial charge is 0.315 e. The van der Waals surface area contributed by atoms with Crippen molar-refractivity contribution in [1.82, 2.24) is 10.2 Å². The molecule has 0 spiro atoms. The van der Waals surface area contributed by atoms with Crippen LogP contribution < -0.4 is 11.1 Å². The van der Waals surface area contributed by atoms with Crippen molar-refractivity contribution in [3.63, 3.8) is 0 Å². The molecule has 1 unspecified atom stereocenters. The first kappa shape index (κ1) is 19.9. The minimum Gasteiger partial charge on any atom is -0.352 e. The van der Waals surface area contributed by atoms with Crippen molar-refractivity contribution in [2.24, 2.45) is 17.1 Å². The molecule has 0 aromatic heterocycles. The summed E-state index contributed by atoms with van der Waals surface area (Å²) in [7, 11) is 0. The molecule has 1 aliphatic carbocycles. The molecule has 0 radical (unpaired) electrons. The molecule has 2 atom stereocenters. The molecule has 3 N–H and O–H groups in total. The molecule has 1 aromatic rings. The maximum absolute atomic E-state index is 15.0. The van der Waals surface area contributed by atoms with E-state index >= 15 is 0 Å². The number of nitrogens with two attached hydrogens (primary N) is 1. The van der Waals surface area contributed by atoms with Gasteiger partial charge >= 0.3 is 6.03 Å². The van der Waals surface area contributed by atoms with E-state index in [1.807, 2.05) is 0 Å². The fraction of sp³-hybridized carbons (Fsp3) is 0.579. The Morgan fingerprint density at radius 3 is 2.52 bits per heavy atom. The van der Waals surface area contributed by atoms with Crippen molar-refractivity contribution >= 4 is 23.5 Å². The number of urea groups is 1. The number of hydrogen-bond acceptors (Lipinski definition) is 2. The molecule has 148 valence electrons. The van der Waals surface area contributed by atoms with Crippen LogP contribution in [-0.2, 0) is 4.79 Å². The zero-order valence-electron chi connectivity index (χ0n) is 15.6. The first-order valence-electron chi connectivity index (χ1n) is 8.98. The summed E-state index contributed by atoms with van der Waals surface area (Å²) < 4.78 is 28.7. The highest BCUT2D eigenvalue weighted by molar-refractivity contribution is 6.31. The number of carbonyl (C=O) groups is 2. The quantitative estimate of drug-likeness (QED) is 0.764. The Hall–Kier alpha value is -1.89. The van der Waals surface area contributed by atoms with E-state index in [0.29, 0.717) is 0 Å². The number of rotatable bonds is 3. The van der Waals surface area contributed by atoms with E-state index in [0.717, 1.165) is 18.9 Å². The molecule has 1 saturated carbocycles. The van der Waals surface area contributed by atoms with Gasteiger partial charge in [0.2, 0.25) is 5.91 Å². The Morgan fingerprint density at radius 1 is 1.33 bits per heavy atom. The fourth-order valence-electron chi connectivity index (χ4n) is 4.86. The van der Waals surface area contributed by atoms with Gasteiger partial charge < -0.3 is 16.0 Å². The maximum atomic E-state index is 15.0. The van der Waals surface area contributed by atoms with Crippen molar-refractivity contribution < 1.29 is 18.4 Å². The predicted octanol–water partition coefficient (Wildman–Crippen LogP) is 3.41. The fourth-order valence-corrected chi connectivity index (χ4v) is 5.03. The van der Waals surface area contributed by atoms with Crippen molar-refractivity contribution in [3.8, 4) is 0 Å². The Bertz CT molecular complexity index is 793. The van der Waals surface area contributed by atoms with Gasteiger partial charge in [-0.05, 0) is 42.7 Å². The molecule has 1 aromatic carbocycles. The van der Waals surface area contributed by atoms with Gasteiger partial charge in [-0.15, -0.1) is 0 Å². The van der Waals surface area contributed by atoms with E-state index in [1.165, 1.54) is 11.0 Å². The van der Waals surface area contributed by atoms with Crippen LogP contribution in [0.1, 0.15) is 45.1 Å². The van der Waals surface area contributed by atoms with Gasteiger partial charge in [-0.1, -0.05) is 31.5 Å². The number of hydrogen-bond donors (Lipinski definition) is 2. The molecule has 5 nitrogen and oxygen atoms in total. The van der Waals surface area contributed by atoms with Crippen molar-refractivity contribution in [2.45, 2.75) is 45.1 Å². The molecule has 1 aliphatic heterocycles. The van der Waals surface area contributed by atoms with Crippen molar-refractivity contribution in [1.29, 1.82) is 0 Å². The Morgan fingerprint density at radius 2 is 1.96 bits per heavy atom. The van der Waals surface area contributed by atoms with Gasteiger partial charge in [0.1, 0.15) is 22.2 Å². The number of halogens is 3. The van der Waals surface area contributed by atoms with Gasteiger partial charge in [0.25, 0.3) is 0 Å². The van der Waals surface area contributed by atoms with Gasteiger partial charge in [0.15, 0.2) is 0 Å². The first-order valence-corrected chi connectivity index (χ1v) is 9.35. The summed E-state index contributed by atoms with van der Waals surface area (Å²) in [6.07, 6.45) is 1.48. The Kier molecular flexibility index (Phi) is 4.87. The summed E-state index contributed by atoms with van der Waals surface area (Å²) in [4.78, 5) is 26.3. The van der Waals surface area contributed by atoms with E-state index < -0.39 is 40.1 Å². The second-order valence-corrected chi connectivity index (χ2v) is 8.85. The van der Waals surface area contributed by atoms with E-state index in [1.54, 1.807) is 6.92 Å². The SMILES string of the molecule is CC1(C)CC([C@H](c2ccc(F)c(Cl)c2F)C2(C)C(=O)NCCN2C(N)=O)C1. The number of carbonyl (C=O) groups excluding carboxylic acids is 2. The minimum atomic E-state index is -1.40. The zero-order chi connectivity index (χ0) is 20.1. The average Bonchev–Trinajstić information content (AvgIpc) is 2.55.